The molecular weight excluding hydrogens is 396 g/mol. The Labute approximate surface area is 179 Å². The topological polar surface area (TPSA) is 73.0 Å². The van der Waals surface area contributed by atoms with Crippen molar-refractivity contribution in [2.75, 3.05) is 0 Å². The largest absolute Gasteiger partial charge is 0.459 e. The Kier molecular flexibility index (Phi) is 5.99. The SMILES string of the molecule is Cc1ccc(-n2c(SCc3ccccc3)nnc2C(C)NC(=O)c2ccco2)cc1. The Morgan fingerprint density at radius 2 is 1.83 bits per heavy atom. The maximum atomic E-state index is 12.4. The van der Waals surface area contributed by atoms with Crippen LogP contribution >= 0.6 is 11.8 Å². The lowest BCUT2D eigenvalue weighted by atomic mass is 10.2. The second-order valence-corrected chi connectivity index (χ2v) is 7.90. The summed E-state index contributed by atoms with van der Waals surface area (Å²) in [6, 6.07) is 21.4. The van der Waals surface area contributed by atoms with E-state index in [1.54, 1.807) is 23.9 Å². The molecule has 6 nitrogen and oxygen atoms in total. The van der Waals surface area contributed by atoms with Crippen LogP contribution in [-0.4, -0.2) is 20.7 Å². The molecule has 1 amide bonds. The molecule has 0 spiro atoms. The molecule has 2 aromatic heterocycles. The van der Waals surface area contributed by atoms with Gasteiger partial charge in [0.2, 0.25) is 0 Å². The molecular formula is C23H22N4O2S. The van der Waals surface area contributed by atoms with Gasteiger partial charge in [-0.05, 0) is 43.7 Å². The van der Waals surface area contributed by atoms with Crippen molar-refractivity contribution in [2.24, 2.45) is 0 Å². The number of furan rings is 1. The number of thioether (sulfide) groups is 1. The van der Waals surface area contributed by atoms with Gasteiger partial charge in [-0.3, -0.25) is 9.36 Å². The number of aryl methyl sites for hydroxylation is 1. The minimum absolute atomic E-state index is 0.266. The molecule has 7 heteroatoms. The van der Waals surface area contributed by atoms with E-state index >= 15 is 0 Å². The first-order chi connectivity index (χ1) is 14.6. The minimum Gasteiger partial charge on any atom is -0.459 e. The molecule has 0 radical (unpaired) electrons. The van der Waals surface area contributed by atoms with Gasteiger partial charge in [-0.1, -0.05) is 59.8 Å². The van der Waals surface area contributed by atoms with Crippen molar-refractivity contribution in [3.63, 3.8) is 0 Å². The number of rotatable bonds is 7. The molecule has 0 aliphatic rings. The molecule has 0 saturated heterocycles. The number of aromatic nitrogens is 3. The van der Waals surface area contributed by atoms with Crippen LogP contribution < -0.4 is 5.32 Å². The summed E-state index contributed by atoms with van der Waals surface area (Å²) in [6.07, 6.45) is 1.48. The monoisotopic (exact) mass is 418 g/mol. The van der Waals surface area contributed by atoms with E-state index in [1.807, 2.05) is 48.7 Å². The summed E-state index contributed by atoms with van der Waals surface area (Å²) in [4.78, 5) is 12.4. The summed E-state index contributed by atoms with van der Waals surface area (Å²) in [6.45, 7) is 3.94. The molecule has 4 rings (SSSR count). The van der Waals surface area contributed by atoms with E-state index in [2.05, 4.69) is 39.8 Å². The van der Waals surface area contributed by atoms with E-state index in [0.717, 1.165) is 16.6 Å². The van der Waals surface area contributed by atoms with Gasteiger partial charge >= 0.3 is 0 Å². The van der Waals surface area contributed by atoms with Crippen molar-refractivity contribution in [1.29, 1.82) is 0 Å². The lowest BCUT2D eigenvalue weighted by molar-refractivity contribution is 0.0910. The molecule has 0 aliphatic heterocycles. The Morgan fingerprint density at radius 1 is 1.07 bits per heavy atom. The molecule has 4 aromatic rings. The van der Waals surface area contributed by atoms with Crippen LogP contribution in [0.2, 0.25) is 0 Å². The van der Waals surface area contributed by atoms with E-state index in [4.69, 9.17) is 4.42 Å². The average Bonchev–Trinajstić information content (AvgIpc) is 3.44. The number of nitrogens with zero attached hydrogens (tertiary/aromatic N) is 3. The molecule has 152 valence electrons. The first-order valence-corrected chi connectivity index (χ1v) is 10.6. The third-order valence-electron chi connectivity index (χ3n) is 4.64. The average molecular weight is 419 g/mol. The standard InChI is InChI=1S/C23H22N4O2S/c1-16-10-12-19(13-11-16)27-21(17(2)24-22(28)20-9-6-14-29-20)25-26-23(27)30-15-18-7-4-3-5-8-18/h3-14,17H,15H2,1-2H3,(H,24,28). The Balaban J connectivity index is 1.63. The second-order valence-electron chi connectivity index (χ2n) is 6.96. The van der Waals surface area contributed by atoms with Crippen LogP contribution in [0, 0.1) is 6.92 Å². The quantitative estimate of drug-likeness (QED) is 0.430. The van der Waals surface area contributed by atoms with E-state index < -0.39 is 0 Å². The number of carbonyl (C=O) groups is 1. The second kappa shape index (κ2) is 9.00. The first-order valence-electron chi connectivity index (χ1n) is 9.65. The molecule has 1 N–H and O–H groups in total. The Hall–Kier alpha value is -3.32. The molecule has 0 aliphatic carbocycles. The van der Waals surface area contributed by atoms with Gasteiger partial charge in [0.1, 0.15) is 0 Å². The van der Waals surface area contributed by atoms with E-state index in [1.165, 1.54) is 17.4 Å². The molecule has 2 heterocycles. The zero-order valence-corrected chi connectivity index (χ0v) is 17.6. The van der Waals surface area contributed by atoms with Gasteiger partial charge in [0.05, 0.1) is 12.3 Å². The predicted molar refractivity (Wildman–Crippen MR) is 117 cm³/mol. The van der Waals surface area contributed by atoms with Gasteiger partial charge in [0, 0.05) is 11.4 Å². The maximum Gasteiger partial charge on any atom is 0.287 e. The highest BCUT2D eigenvalue weighted by atomic mass is 32.2. The fraction of sp³-hybridized carbons (Fsp3) is 0.174. The van der Waals surface area contributed by atoms with Gasteiger partial charge in [0.25, 0.3) is 5.91 Å². The van der Waals surface area contributed by atoms with Gasteiger partial charge in [0.15, 0.2) is 16.7 Å². The van der Waals surface area contributed by atoms with Crippen molar-refractivity contribution in [2.45, 2.75) is 30.8 Å². The smallest absolute Gasteiger partial charge is 0.287 e. The highest BCUT2D eigenvalue weighted by molar-refractivity contribution is 7.98. The van der Waals surface area contributed by atoms with Crippen molar-refractivity contribution < 1.29 is 9.21 Å². The van der Waals surface area contributed by atoms with E-state index in [0.29, 0.717) is 5.82 Å². The molecule has 1 unspecified atom stereocenters. The zero-order chi connectivity index (χ0) is 20.9. The van der Waals surface area contributed by atoms with Crippen molar-refractivity contribution >= 4 is 17.7 Å². The lowest BCUT2D eigenvalue weighted by Gasteiger charge is -2.16. The minimum atomic E-state index is -0.359. The Morgan fingerprint density at radius 3 is 2.53 bits per heavy atom. The fourth-order valence-corrected chi connectivity index (χ4v) is 3.97. The summed E-state index contributed by atoms with van der Waals surface area (Å²) in [7, 11) is 0. The predicted octanol–water partition coefficient (Wildman–Crippen LogP) is 4.95. The van der Waals surface area contributed by atoms with E-state index in [9.17, 15) is 4.79 Å². The lowest BCUT2D eigenvalue weighted by Crippen LogP contribution is -2.28. The highest BCUT2D eigenvalue weighted by Crippen LogP contribution is 2.28. The summed E-state index contributed by atoms with van der Waals surface area (Å²) in [5.74, 6) is 1.42. The zero-order valence-electron chi connectivity index (χ0n) is 16.8. The molecule has 0 bridgehead atoms. The number of hydrogen-bond donors (Lipinski definition) is 1. The number of carbonyl (C=O) groups excluding carboxylic acids is 1. The van der Waals surface area contributed by atoms with Gasteiger partial charge in [-0.15, -0.1) is 10.2 Å². The Bertz CT molecular complexity index is 1110. The van der Waals surface area contributed by atoms with Crippen LogP contribution in [0.1, 0.15) is 40.5 Å². The molecule has 30 heavy (non-hydrogen) atoms. The van der Waals surface area contributed by atoms with Gasteiger partial charge < -0.3 is 9.73 Å². The number of benzene rings is 2. The fourth-order valence-electron chi connectivity index (χ4n) is 3.05. The molecule has 0 saturated carbocycles. The summed E-state index contributed by atoms with van der Waals surface area (Å²) >= 11 is 1.61. The van der Waals surface area contributed by atoms with Crippen LogP contribution in [0.25, 0.3) is 5.69 Å². The van der Waals surface area contributed by atoms with E-state index in [-0.39, 0.29) is 17.7 Å². The molecule has 1 atom stereocenters. The normalized spacial score (nSPS) is 11.9. The van der Waals surface area contributed by atoms with Crippen LogP contribution in [-0.2, 0) is 5.75 Å². The van der Waals surface area contributed by atoms with Gasteiger partial charge in [-0.2, -0.15) is 0 Å². The molecule has 2 aromatic carbocycles. The van der Waals surface area contributed by atoms with Crippen molar-refractivity contribution in [3.05, 3.63) is 95.7 Å². The highest BCUT2D eigenvalue weighted by Gasteiger charge is 2.22. The van der Waals surface area contributed by atoms with Crippen molar-refractivity contribution in [1.82, 2.24) is 20.1 Å². The van der Waals surface area contributed by atoms with Crippen LogP contribution in [0.3, 0.4) is 0 Å². The summed E-state index contributed by atoms with van der Waals surface area (Å²) < 4.78 is 7.19. The van der Waals surface area contributed by atoms with Gasteiger partial charge in [-0.25, -0.2) is 0 Å². The van der Waals surface area contributed by atoms with Crippen LogP contribution in [0.15, 0.2) is 82.6 Å². The first kappa shape index (κ1) is 20.0. The molecule has 0 fully saturated rings. The number of hydrogen-bond acceptors (Lipinski definition) is 5. The summed E-state index contributed by atoms with van der Waals surface area (Å²) in [5, 5.41) is 12.5. The van der Waals surface area contributed by atoms with Crippen molar-refractivity contribution in [3.8, 4) is 5.69 Å². The third-order valence-corrected chi connectivity index (χ3v) is 5.64. The number of amides is 1. The number of nitrogens with one attached hydrogen (secondary N) is 1. The third kappa shape index (κ3) is 4.46. The summed E-state index contributed by atoms with van der Waals surface area (Å²) in [5.41, 5.74) is 3.34. The van der Waals surface area contributed by atoms with Crippen LogP contribution in [0.5, 0.6) is 0 Å². The van der Waals surface area contributed by atoms with Crippen LogP contribution in [0.4, 0.5) is 0 Å². The maximum absolute atomic E-state index is 12.4.